The highest BCUT2D eigenvalue weighted by atomic mass is 19.1. The van der Waals surface area contributed by atoms with Gasteiger partial charge in [0.15, 0.2) is 0 Å². The summed E-state index contributed by atoms with van der Waals surface area (Å²) >= 11 is 0. The van der Waals surface area contributed by atoms with Gasteiger partial charge in [-0.15, -0.1) is 0 Å². The van der Waals surface area contributed by atoms with E-state index in [4.69, 9.17) is 5.11 Å². The van der Waals surface area contributed by atoms with Crippen molar-refractivity contribution in [2.75, 3.05) is 6.54 Å². The molecule has 0 radical (unpaired) electrons. The van der Waals surface area contributed by atoms with E-state index in [0.717, 1.165) is 6.42 Å². The smallest absolute Gasteiger partial charge is 0.311 e. The molecule has 1 aromatic rings. The predicted molar refractivity (Wildman–Crippen MR) is 62.6 cm³/mol. The molecule has 0 aromatic heterocycles. The molecule has 0 heterocycles. The zero-order valence-corrected chi connectivity index (χ0v) is 10.4. The van der Waals surface area contributed by atoms with Crippen LogP contribution in [-0.4, -0.2) is 23.5 Å². The maximum Gasteiger partial charge on any atom is 0.311 e. The second kappa shape index (κ2) is 5.15. The molecule has 0 aliphatic heterocycles. The van der Waals surface area contributed by atoms with E-state index < -0.39 is 40.3 Å². The first-order valence-corrected chi connectivity index (χ1v) is 6.02. The van der Waals surface area contributed by atoms with Crippen molar-refractivity contribution in [2.45, 2.75) is 19.3 Å². The molecular weight excluding hydrogens is 275 g/mol. The Morgan fingerprint density at radius 1 is 1.20 bits per heavy atom. The van der Waals surface area contributed by atoms with Crippen LogP contribution in [0.2, 0.25) is 0 Å². The van der Waals surface area contributed by atoms with Gasteiger partial charge < -0.3 is 10.4 Å². The minimum atomic E-state index is -1.32. The molecule has 1 fully saturated rings. The summed E-state index contributed by atoms with van der Waals surface area (Å²) in [4.78, 5) is 22.8. The first kappa shape index (κ1) is 14.4. The van der Waals surface area contributed by atoms with Crippen LogP contribution in [0, 0.1) is 22.9 Å². The summed E-state index contributed by atoms with van der Waals surface area (Å²) in [6, 6.07) is 0.794. The van der Waals surface area contributed by atoms with Crippen LogP contribution in [0.25, 0.3) is 0 Å². The van der Waals surface area contributed by atoms with E-state index in [1.165, 1.54) is 0 Å². The summed E-state index contributed by atoms with van der Waals surface area (Å²) in [6.45, 7) is -0.211. The molecular formula is C13H12F3NO3. The number of halogens is 3. The minimum Gasteiger partial charge on any atom is -0.481 e. The molecule has 0 saturated heterocycles. The van der Waals surface area contributed by atoms with Crippen LogP contribution in [-0.2, 0) is 4.79 Å². The molecule has 1 aromatic carbocycles. The van der Waals surface area contributed by atoms with E-state index >= 15 is 0 Å². The predicted octanol–water partition coefficient (Wildman–Crippen LogP) is 2.09. The van der Waals surface area contributed by atoms with Crippen molar-refractivity contribution < 1.29 is 27.9 Å². The van der Waals surface area contributed by atoms with Crippen molar-refractivity contribution in [1.82, 2.24) is 5.32 Å². The fraction of sp³-hybridized carbons (Fsp3) is 0.385. The monoisotopic (exact) mass is 287 g/mol. The van der Waals surface area contributed by atoms with Gasteiger partial charge in [-0.3, -0.25) is 9.59 Å². The first-order chi connectivity index (χ1) is 9.35. The van der Waals surface area contributed by atoms with Crippen LogP contribution in [0.1, 0.15) is 29.6 Å². The highest BCUT2D eigenvalue weighted by Gasteiger charge is 2.44. The molecule has 0 atom stereocenters. The van der Waals surface area contributed by atoms with Gasteiger partial charge in [-0.25, -0.2) is 13.2 Å². The minimum absolute atomic E-state index is 0.211. The van der Waals surface area contributed by atoms with Crippen molar-refractivity contribution in [1.29, 1.82) is 0 Å². The van der Waals surface area contributed by atoms with Crippen LogP contribution in [0.5, 0.6) is 0 Å². The second-order valence-corrected chi connectivity index (χ2v) is 4.87. The maximum atomic E-state index is 13.4. The lowest BCUT2D eigenvalue weighted by atomic mass is 9.69. The number of carbonyl (C=O) groups is 2. The van der Waals surface area contributed by atoms with Crippen LogP contribution in [0.4, 0.5) is 13.2 Å². The molecule has 1 aliphatic carbocycles. The molecule has 0 bridgehead atoms. The molecule has 20 heavy (non-hydrogen) atoms. The Morgan fingerprint density at radius 3 is 2.15 bits per heavy atom. The number of rotatable bonds is 4. The maximum absolute atomic E-state index is 13.4. The van der Waals surface area contributed by atoms with E-state index in [2.05, 4.69) is 5.32 Å². The van der Waals surface area contributed by atoms with E-state index in [1.807, 2.05) is 0 Å². The number of nitrogens with one attached hydrogen (secondary N) is 1. The number of carbonyl (C=O) groups excluding carboxylic acids is 1. The average molecular weight is 287 g/mol. The van der Waals surface area contributed by atoms with Crippen molar-refractivity contribution in [2.24, 2.45) is 5.41 Å². The van der Waals surface area contributed by atoms with Gasteiger partial charge in [0.1, 0.15) is 23.0 Å². The highest BCUT2D eigenvalue weighted by Crippen LogP contribution is 2.40. The summed E-state index contributed by atoms with van der Waals surface area (Å²) in [5.74, 6) is -5.91. The van der Waals surface area contributed by atoms with Crippen LogP contribution < -0.4 is 5.32 Å². The molecule has 2 N–H and O–H groups in total. The Balaban J connectivity index is 2.12. The Kier molecular flexibility index (Phi) is 3.69. The SMILES string of the molecule is O=C(NCC1(C(=O)O)CCC1)c1c(F)cc(F)cc1F. The molecule has 1 saturated carbocycles. The normalized spacial score (nSPS) is 16.4. The molecule has 2 rings (SSSR count). The van der Waals surface area contributed by atoms with Crippen molar-refractivity contribution in [3.8, 4) is 0 Å². The Morgan fingerprint density at radius 2 is 1.75 bits per heavy atom. The standard InChI is InChI=1S/C13H12F3NO3/c14-7-4-8(15)10(9(16)5-7)11(18)17-6-13(12(19)20)2-1-3-13/h4-5H,1-3,6H2,(H,17,18)(H,19,20). The van der Waals surface area contributed by atoms with Crippen molar-refractivity contribution >= 4 is 11.9 Å². The number of benzene rings is 1. The zero-order chi connectivity index (χ0) is 14.9. The number of hydrogen-bond donors (Lipinski definition) is 2. The summed E-state index contributed by atoms with van der Waals surface area (Å²) in [7, 11) is 0. The molecule has 1 amide bonds. The van der Waals surface area contributed by atoms with Gasteiger partial charge in [-0.1, -0.05) is 6.42 Å². The van der Waals surface area contributed by atoms with Gasteiger partial charge in [-0.2, -0.15) is 0 Å². The topological polar surface area (TPSA) is 66.4 Å². The number of hydrogen-bond acceptors (Lipinski definition) is 2. The summed E-state index contributed by atoms with van der Waals surface area (Å²) in [6.07, 6.45) is 1.52. The number of amides is 1. The van der Waals surface area contributed by atoms with Crippen molar-refractivity contribution in [3.63, 3.8) is 0 Å². The van der Waals surface area contributed by atoms with Crippen LogP contribution in [0.15, 0.2) is 12.1 Å². The lowest BCUT2D eigenvalue weighted by molar-refractivity contribution is -0.153. The van der Waals surface area contributed by atoms with Crippen LogP contribution in [0.3, 0.4) is 0 Å². The fourth-order valence-electron chi connectivity index (χ4n) is 2.17. The van der Waals surface area contributed by atoms with Gasteiger partial charge in [0.25, 0.3) is 5.91 Å². The van der Waals surface area contributed by atoms with Gasteiger partial charge in [0.2, 0.25) is 0 Å². The largest absolute Gasteiger partial charge is 0.481 e. The molecule has 1 aliphatic rings. The Labute approximate surface area is 112 Å². The summed E-state index contributed by atoms with van der Waals surface area (Å²) in [5.41, 5.74) is -1.98. The second-order valence-electron chi connectivity index (χ2n) is 4.87. The first-order valence-electron chi connectivity index (χ1n) is 6.02. The molecule has 4 nitrogen and oxygen atoms in total. The number of carboxylic acids is 1. The third kappa shape index (κ3) is 2.48. The van der Waals surface area contributed by atoms with Gasteiger partial charge >= 0.3 is 5.97 Å². The fourth-order valence-corrected chi connectivity index (χ4v) is 2.17. The zero-order valence-electron chi connectivity index (χ0n) is 10.4. The third-order valence-electron chi connectivity index (χ3n) is 3.59. The lowest BCUT2D eigenvalue weighted by Gasteiger charge is -2.37. The van der Waals surface area contributed by atoms with Gasteiger partial charge in [-0.05, 0) is 12.8 Å². The Bertz CT molecular complexity index is 547. The lowest BCUT2D eigenvalue weighted by Crippen LogP contribution is -2.47. The average Bonchev–Trinajstić information content (AvgIpc) is 2.25. The van der Waals surface area contributed by atoms with Crippen LogP contribution >= 0.6 is 0 Å². The summed E-state index contributed by atoms with van der Waals surface area (Å²) < 4.78 is 39.5. The number of carboxylic acid groups (broad SMARTS) is 1. The number of aliphatic carboxylic acids is 1. The molecule has 7 heteroatoms. The van der Waals surface area contributed by atoms with E-state index in [-0.39, 0.29) is 6.54 Å². The van der Waals surface area contributed by atoms with E-state index in [0.29, 0.717) is 25.0 Å². The summed E-state index contributed by atoms with van der Waals surface area (Å²) in [5, 5.41) is 11.3. The molecule has 0 unspecified atom stereocenters. The quantitative estimate of drug-likeness (QED) is 0.891. The van der Waals surface area contributed by atoms with E-state index in [9.17, 15) is 22.8 Å². The van der Waals surface area contributed by atoms with Gasteiger partial charge in [0, 0.05) is 18.7 Å². The third-order valence-corrected chi connectivity index (χ3v) is 3.59. The van der Waals surface area contributed by atoms with Crippen molar-refractivity contribution in [3.05, 3.63) is 35.1 Å². The Hall–Kier alpha value is -2.05. The molecule has 0 spiro atoms. The highest BCUT2D eigenvalue weighted by molar-refractivity contribution is 5.95. The van der Waals surface area contributed by atoms with E-state index in [1.54, 1.807) is 0 Å². The van der Waals surface area contributed by atoms with Gasteiger partial charge in [0.05, 0.1) is 5.41 Å². The molecule has 108 valence electrons.